The number of aromatic nitrogens is 2. The molecule has 0 unspecified atom stereocenters. The Hall–Kier alpha value is -3.00. The van der Waals surface area contributed by atoms with Crippen molar-refractivity contribution in [3.05, 3.63) is 58.7 Å². The SMILES string of the molecule is CC(=O)N1CC(Oc2cc(C(=O)Nc3ccc4cccnc4n3)ccc2Br)C1. The number of nitrogens with zero attached hydrogens (tertiary/aromatic N) is 3. The second kappa shape index (κ2) is 7.55. The van der Waals surface area contributed by atoms with Crippen molar-refractivity contribution in [3.8, 4) is 5.75 Å². The fraction of sp³-hybridized carbons (Fsp3) is 0.200. The predicted octanol–water partition coefficient (Wildman–Crippen LogP) is 3.25. The number of amides is 2. The normalized spacial score (nSPS) is 13.9. The summed E-state index contributed by atoms with van der Waals surface area (Å²) in [6.45, 7) is 2.63. The van der Waals surface area contributed by atoms with E-state index in [0.717, 1.165) is 9.86 Å². The lowest BCUT2D eigenvalue weighted by Crippen LogP contribution is -2.55. The molecule has 3 aromatic rings. The van der Waals surface area contributed by atoms with Gasteiger partial charge in [0.2, 0.25) is 5.91 Å². The van der Waals surface area contributed by atoms with Crippen LogP contribution in [0.1, 0.15) is 17.3 Å². The maximum absolute atomic E-state index is 12.6. The molecule has 1 fully saturated rings. The second-order valence-corrected chi connectivity index (χ2v) is 7.36. The molecule has 0 aliphatic carbocycles. The van der Waals surface area contributed by atoms with Gasteiger partial charge in [0.05, 0.1) is 17.6 Å². The van der Waals surface area contributed by atoms with Crippen LogP contribution >= 0.6 is 15.9 Å². The first-order valence-corrected chi connectivity index (χ1v) is 9.54. The molecule has 0 bridgehead atoms. The second-order valence-electron chi connectivity index (χ2n) is 6.51. The van der Waals surface area contributed by atoms with Gasteiger partial charge in [0.25, 0.3) is 5.91 Å². The summed E-state index contributed by atoms with van der Waals surface area (Å²) >= 11 is 3.44. The van der Waals surface area contributed by atoms with Crippen LogP contribution in [-0.2, 0) is 4.79 Å². The fourth-order valence-corrected chi connectivity index (χ4v) is 3.24. The Kier molecular flexibility index (Phi) is 4.95. The number of carbonyl (C=O) groups excluding carboxylic acids is 2. The Morgan fingerprint density at radius 3 is 2.82 bits per heavy atom. The third-order valence-electron chi connectivity index (χ3n) is 4.49. The molecule has 28 heavy (non-hydrogen) atoms. The van der Waals surface area contributed by atoms with Crippen LogP contribution in [0.3, 0.4) is 0 Å². The molecule has 8 heteroatoms. The molecule has 4 rings (SSSR count). The molecule has 0 radical (unpaired) electrons. The summed E-state index contributed by atoms with van der Waals surface area (Å²) in [5, 5.41) is 3.69. The lowest BCUT2D eigenvalue weighted by Gasteiger charge is -2.38. The Balaban J connectivity index is 1.47. The fourth-order valence-electron chi connectivity index (χ4n) is 2.90. The van der Waals surface area contributed by atoms with Gasteiger partial charge in [-0.3, -0.25) is 9.59 Å². The molecule has 1 aromatic carbocycles. The molecule has 1 N–H and O–H groups in total. The first-order chi connectivity index (χ1) is 13.5. The first kappa shape index (κ1) is 18.4. The third kappa shape index (κ3) is 3.82. The van der Waals surface area contributed by atoms with Crippen molar-refractivity contribution in [1.82, 2.24) is 14.9 Å². The summed E-state index contributed by atoms with van der Waals surface area (Å²) in [7, 11) is 0. The van der Waals surface area contributed by atoms with Gasteiger partial charge in [0, 0.05) is 24.1 Å². The van der Waals surface area contributed by atoms with Crippen molar-refractivity contribution >= 4 is 44.6 Å². The quantitative estimate of drug-likeness (QED) is 0.672. The van der Waals surface area contributed by atoms with E-state index in [-0.39, 0.29) is 17.9 Å². The number of fused-ring (bicyclic) bond motifs is 1. The maximum atomic E-state index is 12.6. The third-order valence-corrected chi connectivity index (χ3v) is 5.14. The van der Waals surface area contributed by atoms with E-state index >= 15 is 0 Å². The molecule has 0 atom stereocenters. The number of benzene rings is 1. The summed E-state index contributed by atoms with van der Waals surface area (Å²) in [6, 6.07) is 12.5. The molecule has 1 aliphatic heterocycles. The zero-order chi connectivity index (χ0) is 19.7. The van der Waals surface area contributed by atoms with Crippen molar-refractivity contribution < 1.29 is 14.3 Å². The van der Waals surface area contributed by atoms with E-state index in [2.05, 4.69) is 31.2 Å². The smallest absolute Gasteiger partial charge is 0.256 e. The highest BCUT2D eigenvalue weighted by atomic mass is 79.9. The summed E-state index contributed by atoms with van der Waals surface area (Å²) in [4.78, 5) is 34.2. The van der Waals surface area contributed by atoms with Gasteiger partial charge in [-0.2, -0.15) is 0 Å². The number of pyridine rings is 2. The van der Waals surface area contributed by atoms with Crippen LogP contribution in [0.15, 0.2) is 53.1 Å². The van der Waals surface area contributed by atoms with E-state index < -0.39 is 0 Å². The molecule has 2 amide bonds. The molecule has 7 nitrogen and oxygen atoms in total. The highest BCUT2D eigenvalue weighted by molar-refractivity contribution is 9.10. The number of nitrogens with one attached hydrogen (secondary N) is 1. The number of anilines is 1. The van der Waals surface area contributed by atoms with Crippen LogP contribution in [0.5, 0.6) is 5.75 Å². The summed E-state index contributed by atoms with van der Waals surface area (Å²) < 4.78 is 6.66. The van der Waals surface area contributed by atoms with E-state index in [9.17, 15) is 9.59 Å². The van der Waals surface area contributed by atoms with E-state index in [0.29, 0.717) is 35.9 Å². The van der Waals surface area contributed by atoms with E-state index in [4.69, 9.17) is 4.74 Å². The average Bonchev–Trinajstić information content (AvgIpc) is 2.65. The van der Waals surface area contributed by atoms with Crippen LogP contribution in [0.25, 0.3) is 11.0 Å². The average molecular weight is 441 g/mol. The zero-order valence-electron chi connectivity index (χ0n) is 15.1. The molecule has 2 aromatic heterocycles. The Bertz CT molecular complexity index is 1070. The number of halogens is 1. The lowest BCUT2D eigenvalue weighted by molar-refractivity contribution is -0.137. The number of rotatable bonds is 4. The van der Waals surface area contributed by atoms with E-state index in [1.54, 1.807) is 35.4 Å². The van der Waals surface area contributed by atoms with Gasteiger partial charge < -0.3 is 15.0 Å². The molecule has 1 saturated heterocycles. The summed E-state index contributed by atoms with van der Waals surface area (Å²) in [6.07, 6.45) is 1.58. The molecular formula is C20H17BrN4O3. The van der Waals surface area contributed by atoms with Gasteiger partial charge in [-0.25, -0.2) is 9.97 Å². The van der Waals surface area contributed by atoms with Crippen LogP contribution in [0.4, 0.5) is 5.82 Å². The van der Waals surface area contributed by atoms with Crippen LogP contribution in [0.2, 0.25) is 0 Å². The maximum Gasteiger partial charge on any atom is 0.256 e. The molecule has 3 heterocycles. The van der Waals surface area contributed by atoms with E-state index in [1.165, 1.54) is 6.92 Å². The molecule has 142 valence electrons. The molecular weight excluding hydrogens is 424 g/mol. The highest BCUT2D eigenvalue weighted by Gasteiger charge is 2.30. The van der Waals surface area contributed by atoms with Crippen molar-refractivity contribution in [2.75, 3.05) is 18.4 Å². The van der Waals surface area contributed by atoms with Gasteiger partial charge in [0.15, 0.2) is 5.65 Å². The Morgan fingerprint density at radius 2 is 2.04 bits per heavy atom. The minimum absolute atomic E-state index is 0.0319. The molecule has 0 spiro atoms. The summed E-state index contributed by atoms with van der Waals surface area (Å²) in [5.41, 5.74) is 1.02. The van der Waals surface area contributed by atoms with Gasteiger partial charge >= 0.3 is 0 Å². The zero-order valence-corrected chi connectivity index (χ0v) is 16.6. The van der Waals surface area contributed by atoms with Gasteiger partial charge in [0.1, 0.15) is 17.7 Å². The lowest BCUT2D eigenvalue weighted by atomic mass is 10.1. The van der Waals surface area contributed by atoms with E-state index in [1.807, 2.05) is 18.2 Å². The molecule has 1 aliphatic rings. The Morgan fingerprint density at radius 1 is 1.21 bits per heavy atom. The van der Waals surface area contributed by atoms with Crippen molar-refractivity contribution in [1.29, 1.82) is 0 Å². The van der Waals surface area contributed by atoms with Crippen molar-refractivity contribution in [3.63, 3.8) is 0 Å². The standard InChI is InChI=1S/C20H17BrN4O3/c1-12(26)25-10-15(11-25)28-17-9-14(4-6-16(17)21)20(27)24-18-7-5-13-3-2-8-22-19(13)23-18/h2-9,15H,10-11H2,1H3,(H,22,23,24,27). The minimum atomic E-state index is -0.292. The topological polar surface area (TPSA) is 84.4 Å². The summed E-state index contributed by atoms with van der Waals surface area (Å²) in [5.74, 6) is 0.732. The number of hydrogen-bond acceptors (Lipinski definition) is 5. The monoisotopic (exact) mass is 440 g/mol. The largest absolute Gasteiger partial charge is 0.486 e. The van der Waals surface area contributed by atoms with Crippen LogP contribution < -0.4 is 10.1 Å². The van der Waals surface area contributed by atoms with Gasteiger partial charge in [-0.05, 0) is 58.4 Å². The number of likely N-dealkylation sites (tertiary alicyclic amines) is 1. The number of hydrogen-bond donors (Lipinski definition) is 1. The van der Waals surface area contributed by atoms with Crippen LogP contribution in [-0.4, -0.2) is 45.9 Å². The first-order valence-electron chi connectivity index (χ1n) is 8.74. The Labute approximate surface area is 169 Å². The van der Waals surface area contributed by atoms with Crippen molar-refractivity contribution in [2.45, 2.75) is 13.0 Å². The molecule has 0 saturated carbocycles. The predicted molar refractivity (Wildman–Crippen MR) is 108 cm³/mol. The van der Waals surface area contributed by atoms with Crippen LogP contribution in [0, 0.1) is 0 Å². The van der Waals surface area contributed by atoms with Gasteiger partial charge in [-0.15, -0.1) is 0 Å². The highest BCUT2D eigenvalue weighted by Crippen LogP contribution is 2.29. The van der Waals surface area contributed by atoms with Gasteiger partial charge in [-0.1, -0.05) is 0 Å². The number of ether oxygens (including phenoxy) is 1. The number of carbonyl (C=O) groups is 2. The van der Waals surface area contributed by atoms with Crippen molar-refractivity contribution in [2.24, 2.45) is 0 Å². The minimum Gasteiger partial charge on any atom is -0.486 e.